The first-order valence-electron chi connectivity index (χ1n) is 6.47. The molecule has 1 aromatic carbocycles. The Balaban J connectivity index is 2.26. The van der Waals surface area contributed by atoms with E-state index < -0.39 is 10.6 Å². The highest BCUT2D eigenvalue weighted by atomic mass is 32.3. The lowest BCUT2D eigenvalue weighted by molar-refractivity contribution is 0.0948. The summed E-state index contributed by atoms with van der Waals surface area (Å²) in [7, 11) is 2.41. The van der Waals surface area contributed by atoms with E-state index in [2.05, 4.69) is 5.32 Å². The van der Waals surface area contributed by atoms with E-state index in [9.17, 15) is 13.9 Å². The molecule has 3 N–H and O–H groups in total. The molecular weight excluding hydrogens is 292 g/mol. The lowest BCUT2D eigenvalue weighted by atomic mass is 10.1. The molecule has 0 aromatic heterocycles. The highest BCUT2D eigenvalue weighted by molar-refractivity contribution is 8.27. The molecule has 0 fully saturated rings. The minimum absolute atomic E-state index is 0.242. The van der Waals surface area contributed by atoms with Gasteiger partial charge in [-0.1, -0.05) is 0 Å². The third-order valence-electron chi connectivity index (χ3n) is 3.20. The summed E-state index contributed by atoms with van der Waals surface area (Å²) in [6.07, 6.45) is 1.58. The minimum atomic E-state index is -2.91. The third-order valence-corrected chi connectivity index (χ3v) is 4.72. The van der Waals surface area contributed by atoms with E-state index in [-0.39, 0.29) is 5.91 Å². The average molecular weight is 312 g/mol. The zero-order valence-electron chi connectivity index (χ0n) is 12.3. The van der Waals surface area contributed by atoms with Crippen molar-refractivity contribution < 1.29 is 18.6 Å². The number of benzene rings is 1. The molecule has 1 aromatic rings. The van der Waals surface area contributed by atoms with Crippen molar-refractivity contribution in [1.29, 1.82) is 0 Å². The SMILES string of the molecule is COc1c(C(=O)NCCN(C)C)ccc2c1C=CS2(O)O. The van der Waals surface area contributed by atoms with E-state index in [1.807, 2.05) is 19.0 Å². The Morgan fingerprint density at radius 1 is 1.38 bits per heavy atom. The van der Waals surface area contributed by atoms with Crippen LogP contribution in [-0.4, -0.2) is 54.2 Å². The summed E-state index contributed by atoms with van der Waals surface area (Å²) in [6.45, 7) is 1.26. The van der Waals surface area contributed by atoms with Gasteiger partial charge >= 0.3 is 0 Å². The van der Waals surface area contributed by atoms with Crippen LogP contribution >= 0.6 is 10.6 Å². The van der Waals surface area contributed by atoms with Crippen molar-refractivity contribution in [3.63, 3.8) is 0 Å². The van der Waals surface area contributed by atoms with E-state index in [0.717, 1.165) is 6.54 Å². The third kappa shape index (κ3) is 3.21. The van der Waals surface area contributed by atoms with Crippen molar-refractivity contribution in [1.82, 2.24) is 10.2 Å². The number of hydrogen-bond donors (Lipinski definition) is 3. The molecule has 0 unspecified atom stereocenters. The Morgan fingerprint density at radius 2 is 2.10 bits per heavy atom. The molecule has 7 heteroatoms. The molecule has 0 aliphatic carbocycles. The summed E-state index contributed by atoms with van der Waals surface area (Å²) < 4.78 is 25.1. The highest BCUT2D eigenvalue weighted by Crippen LogP contribution is 2.58. The predicted molar refractivity (Wildman–Crippen MR) is 84.0 cm³/mol. The first kappa shape index (κ1) is 15.8. The number of ether oxygens (including phenoxy) is 1. The topological polar surface area (TPSA) is 82.0 Å². The molecular formula is C14H20N2O4S. The van der Waals surface area contributed by atoms with Crippen LogP contribution in [0.3, 0.4) is 0 Å². The van der Waals surface area contributed by atoms with Crippen molar-refractivity contribution in [2.24, 2.45) is 0 Å². The predicted octanol–water partition coefficient (Wildman–Crippen LogP) is 2.08. The molecule has 2 rings (SSSR count). The second kappa shape index (κ2) is 6.07. The molecule has 0 bridgehead atoms. The number of carbonyl (C=O) groups excluding carboxylic acids is 1. The van der Waals surface area contributed by atoms with E-state index >= 15 is 0 Å². The fourth-order valence-corrected chi connectivity index (χ4v) is 3.35. The number of methoxy groups -OCH3 is 1. The summed E-state index contributed by atoms with van der Waals surface area (Å²) in [6, 6.07) is 3.12. The number of rotatable bonds is 5. The van der Waals surface area contributed by atoms with Crippen LogP contribution in [0.2, 0.25) is 0 Å². The van der Waals surface area contributed by atoms with Crippen molar-refractivity contribution in [2.75, 3.05) is 34.3 Å². The van der Waals surface area contributed by atoms with Crippen LogP contribution in [0.25, 0.3) is 6.08 Å². The lowest BCUT2D eigenvalue weighted by Gasteiger charge is -2.26. The van der Waals surface area contributed by atoms with Crippen molar-refractivity contribution in [3.8, 4) is 5.75 Å². The number of nitrogens with one attached hydrogen (secondary N) is 1. The molecule has 1 heterocycles. The quantitative estimate of drug-likeness (QED) is 0.775. The van der Waals surface area contributed by atoms with Gasteiger partial charge in [-0.3, -0.25) is 13.9 Å². The molecule has 116 valence electrons. The summed E-state index contributed by atoms with van der Waals surface area (Å²) in [5, 5.41) is 4.16. The standard InChI is InChI=1S/C14H20N2O4S/c1-16(2)8-7-15-14(17)11-4-5-12-10(13(11)20-3)6-9-21(12,18)19/h4-6,9,18-19H,7-8H2,1-3H3,(H,15,17). The molecule has 21 heavy (non-hydrogen) atoms. The van der Waals surface area contributed by atoms with E-state index in [4.69, 9.17) is 4.74 Å². The first-order chi connectivity index (χ1) is 9.86. The molecule has 0 saturated carbocycles. The molecule has 1 aliphatic rings. The fourth-order valence-electron chi connectivity index (χ4n) is 2.12. The van der Waals surface area contributed by atoms with Gasteiger partial charge in [-0.2, -0.15) is 0 Å². The summed E-state index contributed by atoms with van der Waals surface area (Å²) in [5.74, 6) is 0.122. The fraction of sp³-hybridized carbons (Fsp3) is 0.357. The number of hydrogen-bond acceptors (Lipinski definition) is 5. The maximum atomic E-state index is 12.2. The van der Waals surface area contributed by atoms with Crippen LogP contribution < -0.4 is 10.1 Å². The number of nitrogens with zero attached hydrogens (tertiary/aromatic N) is 1. The zero-order chi connectivity index (χ0) is 15.6. The number of amides is 1. The van der Waals surface area contributed by atoms with Crippen molar-refractivity contribution in [2.45, 2.75) is 4.90 Å². The average Bonchev–Trinajstić information content (AvgIpc) is 2.73. The van der Waals surface area contributed by atoms with Gasteiger partial charge in [0, 0.05) is 24.1 Å². The largest absolute Gasteiger partial charge is 0.495 e. The van der Waals surface area contributed by atoms with Crippen LogP contribution in [0.5, 0.6) is 5.75 Å². The Bertz CT molecular complexity index is 585. The van der Waals surface area contributed by atoms with Gasteiger partial charge in [0.25, 0.3) is 5.91 Å². The Morgan fingerprint density at radius 3 is 2.71 bits per heavy atom. The van der Waals surface area contributed by atoms with Gasteiger partial charge in [0.1, 0.15) is 5.75 Å². The van der Waals surface area contributed by atoms with Gasteiger partial charge in [0.15, 0.2) is 0 Å². The maximum Gasteiger partial charge on any atom is 0.255 e. The van der Waals surface area contributed by atoms with Crippen molar-refractivity contribution in [3.05, 3.63) is 28.7 Å². The summed E-state index contributed by atoms with van der Waals surface area (Å²) in [5.41, 5.74) is 0.939. The number of fused-ring (bicyclic) bond motifs is 1. The minimum Gasteiger partial charge on any atom is -0.495 e. The van der Waals surface area contributed by atoms with Gasteiger partial charge < -0.3 is 15.0 Å². The molecule has 1 amide bonds. The van der Waals surface area contributed by atoms with Gasteiger partial charge in [-0.15, -0.1) is 10.6 Å². The van der Waals surface area contributed by atoms with Crippen LogP contribution in [0, 0.1) is 0 Å². The molecule has 0 saturated heterocycles. The Labute approximate surface area is 125 Å². The van der Waals surface area contributed by atoms with E-state index in [1.165, 1.54) is 12.5 Å². The van der Waals surface area contributed by atoms with E-state index in [1.54, 1.807) is 18.2 Å². The lowest BCUT2D eigenvalue weighted by Crippen LogP contribution is -2.31. The molecule has 0 atom stereocenters. The van der Waals surface area contributed by atoms with Crippen LogP contribution in [0.4, 0.5) is 0 Å². The summed E-state index contributed by atoms with van der Waals surface area (Å²) >= 11 is 0. The Hall–Kier alpha value is -1.54. The zero-order valence-corrected chi connectivity index (χ0v) is 13.1. The van der Waals surface area contributed by atoms with Crippen LogP contribution in [0.1, 0.15) is 15.9 Å². The van der Waals surface area contributed by atoms with Gasteiger partial charge in [0.2, 0.25) is 0 Å². The van der Waals surface area contributed by atoms with Gasteiger partial charge in [0.05, 0.1) is 17.6 Å². The van der Waals surface area contributed by atoms with Gasteiger partial charge in [-0.25, -0.2) is 0 Å². The molecule has 1 aliphatic heterocycles. The highest BCUT2D eigenvalue weighted by Gasteiger charge is 2.27. The van der Waals surface area contributed by atoms with Crippen LogP contribution in [-0.2, 0) is 0 Å². The number of carbonyl (C=O) groups is 1. The smallest absolute Gasteiger partial charge is 0.255 e. The molecule has 0 radical (unpaired) electrons. The van der Waals surface area contributed by atoms with E-state index in [0.29, 0.717) is 28.3 Å². The van der Waals surface area contributed by atoms with Gasteiger partial charge in [-0.05, 0) is 32.3 Å². The monoisotopic (exact) mass is 312 g/mol. The summed E-state index contributed by atoms with van der Waals surface area (Å²) in [4.78, 5) is 14.6. The molecule has 6 nitrogen and oxygen atoms in total. The second-order valence-corrected chi connectivity index (χ2v) is 6.91. The first-order valence-corrected chi connectivity index (χ1v) is 8.08. The second-order valence-electron chi connectivity index (χ2n) is 5.01. The molecule has 0 spiro atoms. The maximum absolute atomic E-state index is 12.2. The van der Waals surface area contributed by atoms with Crippen LogP contribution in [0.15, 0.2) is 22.4 Å². The normalized spacial score (nSPS) is 16.7. The van der Waals surface area contributed by atoms with Crippen molar-refractivity contribution >= 4 is 22.6 Å². The number of likely N-dealkylation sites (N-methyl/N-ethyl adjacent to an activating group) is 1. The Kier molecular flexibility index (Phi) is 4.58.